The van der Waals surface area contributed by atoms with Crippen LogP contribution in [0.2, 0.25) is 10.0 Å². The van der Waals surface area contributed by atoms with Crippen molar-refractivity contribution in [1.29, 1.82) is 0 Å². The van der Waals surface area contributed by atoms with Crippen molar-refractivity contribution in [3.05, 3.63) is 69.7 Å². The molecule has 0 saturated heterocycles. The topological polar surface area (TPSA) is 49.4 Å². The molecular weight excluding hydrogens is 427 g/mol. The Balaban J connectivity index is 1.99. The van der Waals surface area contributed by atoms with E-state index in [2.05, 4.69) is 5.32 Å². The number of likely N-dealkylation sites (N-methyl/N-ethyl adjacent to an activating group) is 1. The Labute approximate surface area is 187 Å². The van der Waals surface area contributed by atoms with E-state index in [1.54, 1.807) is 24.0 Å². The number of carbonyl (C=O) groups excluding carboxylic acids is 2. The van der Waals surface area contributed by atoms with Crippen molar-refractivity contribution >= 4 is 46.8 Å². The Kier molecular flexibility index (Phi) is 9.85. The molecule has 0 unspecified atom stereocenters. The van der Waals surface area contributed by atoms with E-state index in [0.717, 1.165) is 11.1 Å². The second-order valence-corrected chi connectivity index (χ2v) is 8.45. The van der Waals surface area contributed by atoms with Gasteiger partial charge in [0.1, 0.15) is 6.04 Å². The third kappa shape index (κ3) is 7.57. The molecule has 2 aromatic carbocycles. The first-order chi connectivity index (χ1) is 13.9. The standard InChI is InChI=1S/C22H26Cl2N2O2S/c1-3-25-22(28)16(2)26(12-11-17-7-5-4-6-8-17)21(27)15-29-14-18-9-10-19(23)13-20(18)24/h4-10,13,16H,3,11-12,14-15H2,1-2H3,(H,25,28)/t16-/m1/s1. The minimum absolute atomic E-state index is 0.0604. The minimum atomic E-state index is -0.522. The number of rotatable bonds is 10. The molecule has 0 radical (unpaired) electrons. The second-order valence-electron chi connectivity index (χ2n) is 6.62. The van der Waals surface area contributed by atoms with Crippen LogP contribution in [0.25, 0.3) is 0 Å². The van der Waals surface area contributed by atoms with Crippen LogP contribution in [-0.2, 0) is 21.8 Å². The molecule has 2 amide bonds. The van der Waals surface area contributed by atoms with Gasteiger partial charge in [0.2, 0.25) is 11.8 Å². The summed E-state index contributed by atoms with van der Waals surface area (Å²) < 4.78 is 0. The highest BCUT2D eigenvalue weighted by molar-refractivity contribution is 7.99. The molecule has 0 aliphatic carbocycles. The molecule has 4 nitrogen and oxygen atoms in total. The molecule has 1 N–H and O–H groups in total. The highest BCUT2D eigenvalue weighted by Crippen LogP contribution is 2.25. The summed E-state index contributed by atoms with van der Waals surface area (Å²) in [5.41, 5.74) is 2.07. The molecule has 2 aromatic rings. The molecule has 0 bridgehead atoms. The molecule has 0 fully saturated rings. The van der Waals surface area contributed by atoms with Gasteiger partial charge in [-0.25, -0.2) is 0 Å². The molecule has 156 valence electrons. The van der Waals surface area contributed by atoms with Gasteiger partial charge in [0.05, 0.1) is 5.75 Å². The van der Waals surface area contributed by atoms with Crippen molar-refractivity contribution in [3.8, 4) is 0 Å². The Morgan fingerprint density at radius 1 is 1.14 bits per heavy atom. The van der Waals surface area contributed by atoms with Gasteiger partial charge in [-0.15, -0.1) is 11.8 Å². The maximum atomic E-state index is 12.9. The van der Waals surface area contributed by atoms with Crippen molar-refractivity contribution in [2.24, 2.45) is 0 Å². The molecule has 7 heteroatoms. The summed E-state index contributed by atoms with van der Waals surface area (Å²) in [7, 11) is 0. The molecule has 0 aromatic heterocycles. The maximum absolute atomic E-state index is 12.9. The Hall–Kier alpha value is -1.69. The Morgan fingerprint density at radius 3 is 2.52 bits per heavy atom. The van der Waals surface area contributed by atoms with Gasteiger partial charge in [-0.05, 0) is 43.5 Å². The average Bonchev–Trinajstić information content (AvgIpc) is 2.70. The van der Waals surface area contributed by atoms with Crippen molar-refractivity contribution in [2.75, 3.05) is 18.8 Å². The van der Waals surface area contributed by atoms with E-state index in [9.17, 15) is 9.59 Å². The predicted octanol–water partition coefficient (Wildman–Crippen LogP) is 4.82. The van der Waals surface area contributed by atoms with E-state index in [-0.39, 0.29) is 17.6 Å². The van der Waals surface area contributed by atoms with E-state index in [1.165, 1.54) is 11.8 Å². The van der Waals surface area contributed by atoms with Crippen LogP contribution in [0.15, 0.2) is 48.5 Å². The van der Waals surface area contributed by atoms with Crippen LogP contribution in [-0.4, -0.2) is 41.6 Å². The summed E-state index contributed by atoms with van der Waals surface area (Å²) in [6, 6.07) is 14.8. The van der Waals surface area contributed by atoms with E-state index in [4.69, 9.17) is 23.2 Å². The van der Waals surface area contributed by atoms with E-state index >= 15 is 0 Å². The van der Waals surface area contributed by atoms with Gasteiger partial charge in [-0.3, -0.25) is 9.59 Å². The average molecular weight is 453 g/mol. The number of amides is 2. The Bertz CT molecular complexity index is 818. The number of thioether (sulfide) groups is 1. The Morgan fingerprint density at radius 2 is 1.86 bits per heavy atom. The molecule has 29 heavy (non-hydrogen) atoms. The fourth-order valence-corrected chi connectivity index (χ4v) is 4.33. The van der Waals surface area contributed by atoms with Crippen LogP contribution in [0.4, 0.5) is 0 Å². The summed E-state index contributed by atoms with van der Waals surface area (Å²) in [5.74, 6) is 0.677. The van der Waals surface area contributed by atoms with Crippen LogP contribution in [0, 0.1) is 0 Å². The van der Waals surface area contributed by atoms with Gasteiger partial charge in [-0.2, -0.15) is 0 Å². The van der Waals surface area contributed by atoms with Gasteiger partial charge in [0, 0.05) is 28.9 Å². The molecule has 0 aliphatic rings. The van der Waals surface area contributed by atoms with Crippen molar-refractivity contribution in [2.45, 2.75) is 32.1 Å². The lowest BCUT2D eigenvalue weighted by atomic mass is 10.1. The highest BCUT2D eigenvalue weighted by Gasteiger charge is 2.25. The van der Waals surface area contributed by atoms with Crippen LogP contribution >= 0.6 is 35.0 Å². The van der Waals surface area contributed by atoms with Crippen LogP contribution < -0.4 is 5.32 Å². The number of benzene rings is 2. The lowest BCUT2D eigenvalue weighted by molar-refractivity contribution is -0.137. The molecule has 0 heterocycles. The van der Waals surface area contributed by atoms with Gasteiger partial charge in [-0.1, -0.05) is 59.6 Å². The second kappa shape index (κ2) is 12.1. The summed E-state index contributed by atoms with van der Waals surface area (Å²) in [4.78, 5) is 26.9. The molecule has 1 atom stereocenters. The van der Waals surface area contributed by atoms with Crippen molar-refractivity contribution < 1.29 is 9.59 Å². The summed E-state index contributed by atoms with van der Waals surface area (Å²) >= 11 is 13.6. The van der Waals surface area contributed by atoms with Crippen molar-refractivity contribution in [3.63, 3.8) is 0 Å². The predicted molar refractivity (Wildman–Crippen MR) is 123 cm³/mol. The zero-order valence-electron chi connectivity index (χ0n) is 16.7. The van der Waals surface area contributed by atoms with E-state index in [1.807, 2.05) is 43.3 Å². The number of nitrogens with zero attached hydrogens (tertiary/aromatic N) is 1. The molecule has 0 aliphatic heterocycles. The normalized spacial score (nSPS) is 11.7. The highest BCUT2D eigenvalue weighted by atomic mass is 35.5. The third-order valence-corrected chi connectivity index (χ3v) is 6.05. The van der Waals surface area contributed by atoms with Gasteiger partial charge in [0.25, 0.3) is 0 Å². The first kappa shape index (κ1) is 23.6. The third-order valence-electron chi connectivity index (χ3n) is 4.50. The summed E-state index contributed by atoms with van der Waals surface area (Å²) in [5, 5.41) is 3.98. The van der Waals surface area contributed by atoms with Crippen LogP contribution in [0.1, 0.15) is 25.0 Å². The van der Waals surface area contributed by atoms with Crippen LogP contribution in [0.3, 0.4) is 0 Å². The largest absolute Gasteiger partial charge is 0.355 e. The van der Waals surface area contributed by atoms with Gasteiger partial charge >= 0.3 is 0 Å². The number of carbonyl (C=O) groups is 2. The number of hydrogen-bond acceptors (Lipinski definition) is 3. The lowest BCUT2D eigenvalue weighted by Gasteiger charge is -2.28. The zero-order chi connectivity index (χ0) is 21.2. The van der Waals surface area contributed by atoms with E-state index in [0.29, 0.717) is 35.3 Å². The fraction of sp³-hybridized carbons (Fsp3) is 0.364. The SMILES string of the molecule is CCNC(=O)[C@@H](C)N(CCc1ccccc1)C(=O)CSCc1ccc(Cl)cc1Cl. The maximum Gasteiger partial charge on any atom is 0.242 e. The molecule has 0 saturated carbocycles. The lowest BCUT2D eigenvalue weighted by Crippen LogP contribution is -2.49. The number of hydrogen-bond donors (Lipinski definition) is 1. The molecule has 2 rings (SSSR count). The summed E-state index contributed by atoms with van der Waals surface area (Å²) in [6.07, 6.45) is 0.698. The van der Waals surface area contributed by atoms with Gasteiger partial charge in [0.15, 0.2) is 0 Å². The first-order valence-corrected chi connectivity index (χ1v) is 11.5. The fourth-order valence-electron chi connectivity index (χ4n) is 2.86. The minimum Gasteiger partial charge on any atom is -0.355 e. The molecular formula is C22H26Cl2N2O2S. The zero-order valence-corrected chi connectivity index (χ0v) is 19.0. The number of halogens is 2. The van der Waals surface area contributed by atoms with E-state index < -0.39 is 6.04 Å². The summed E-state index contributed by atoms with van der Waals surface area (Å²) in [6.45, 7) is 4.66. The van der Waals surface area contributed by atoms with Gasteiger partial charge < -0.3 is 10.2 Å². The van der Waals surface area contributed by atoms with Crippen LogP contribution in [0.5, 0.6) is 0 Å². The number of nitrogens with one attached hydrogen (secondary N) is 1. The molecule has 0 spiro atoms. The quantitative estimate of drug-likeness (QED) is 0.561. The van der Waals surface area contributed by atoms with Crippen molar-refractivity contribution in [1.82, 2.24) is 10.2 Å². The monoisotopic (exact) mass is 452 g/mol. The first-order valence-electron chi connectivity index (χ1n) is 9.55. The smallest absolute Gasteiger partial charge is 0.242 e.